The van der Waals surface area contributed by atoms with Gasteiger partial charge >= 0.3 is 5.97 Å². The second-order valence-electron chi connectivity index (χ2n) is 9.68. The van der Waals surface area contributed by atoms with Gasteiger partial charge in [0.05, 0.1) is 16.6 Å². The molecule has 8 nitrogen and oxygen atoms in total. The average molecular weight is 472 g/mol. The van der Waals surface area contributed by atoms with Crippen molar-refractivity contribution in [3.05, 3.63) is 52.7 Å². The number of β-amino-alcohol motifs (C(OH)–C–C–N with tert-alkyl or cyclic N) is 1. The molecule has 3 aliphatic rings. The molecule has 1 aromatic heterocycles. The number of benzene rings is 1. The second-order valence-corrected chi connectivity index (χ2v) is 11.7. The van der Waals surface area contributed by atoms with Gasteiger partial charge in [-0.25, -0.2) is 18.2 Å². The zero-order valence-electron chi connectivity index (χ0n) is 19.0. The molecule has 1 spiro atoms. The fraction of sp³-hybridized carbons (Fsp3) is 0.500. The lowest BCUT2D eigenvalue weighted by atomic mass is 9.72. The number of aromatic nitrogens is 1. The molecule has 0 radical (unpaired) electrons. The number of ether oxygens (including phenoxy) is 1. The number of carbonyl (C=O) groups excluding carboxylic acids is 1. The minimum absolute atomic E-state index is 0.242. The molecule has 176 valence electrons. The zero-order valence-corrected chi connectivity index (χ0v) is 19.8. The maximum atomic E-state index is 11.8. The van der Waals surface area contributed by atoms with E-state index in [0.717, 1.165) is 61.5 Å². The van der Waals surface area contributed by atoms with Crippen molar-refractivity contribution >= 4 is 21.6 Å². The summed E-state index contributed by atoms with van der Waals surface area (Å²) in [6.45, 7) is 6.51. The van der Waals surface area contributed by atoms with E-state index in [2.05, 4.69) is 14.8 Å². The predicted molar refractivity (Wildman–Crippen MR) is 123 cm³/mol. The van der Waals surface area contributed by atoms with Crippen molar-refractivity contribution in [3.8, 4) is 0 Å². The van der Waals surface area contributed by atoms with Gasteiger partial charge in [-0.1, -0.05) is 6.07 Å². The van der Waals surface area contributed by atoms with Gasteiger partial charge in [0.2, 0.25) is 0 Å². The summed E-state index contributed by atoms with van der Waals surface area (Å²) in [4.78, 5) is 20.9. The Labute approximate surface area is 194 Å². The molecule has 2 saturated heterocycles. The largest absolute Gasteiger partial charge is 0.457 e. The fourth-order valence-corrected chi connectivity index (χ4v) is 5.86. The van der Waals surface area contributed by atoms with Crippen molar-refractivity contribution in [1.82, 2.24) is 9.88 Å². The number of hydrogen-bond acceptors (Lipinski definition) is 8. The number of piperidine rings is 1. The Morgan fingerprint density at radius 2 is 1.91 bits per heavy atom. The van der Waals surface area contributed by atoms with Crippen molar-refractivity contribution in [1.29, 1.82) is 0 Å². The molecular weight excluding hydrogens is 442 g/mol. The van der Waals surface area contributed by atoms with Gasteiger partial charge in [-0.3, -0.25) is 0 Å². The maximum absolute atomic E-state index is 11.8. The summed E-state index contributed by atoms with van der Waals surface area (Å²) in [5.41, 5.74) is 3.58. The number of anilines is 1. The van der Waals surface area contributed by atoms with Crippen LogP contribution in [0.15, 0.2) is 35.4 Å². The second kappa shape index (κ2) is 8.07. The van der Waals surface area contributed by atoms with E-state index in [-0.39, 0.29) is 22.9 Å². The van der Waals surface area contributed by atoms with Crippen LogP contribution in [0, 0.1) is 12.3 Å². The summed E-state index contributed by atoms with van der Waals surface area (Å²) >= 11 is 0. The molecule has 0 saturated carbocycles. The first-order valence-electron chi connectivity index (χ1n) is 11.3. The van der Waals surface area contributed by atoms with Gasteiger partial charge in [0.25, 0.3) is 0 Å². The van der Waals surface area contributed by atoms with Crippen molar-refractivity contribution in [2.45, 2.75) is 37.4 Å². The molecule has 2 aromatic rings. The highest BCUT2D eigenvalue weighted by molar-refractivity contribution is 7.90. The van der Waals surface area contributed by atoms with Crippen molar-refractivity contribution < 1.29 is 23.1 Å². The lowest BCUT2D eigenvalue weighted by Gasteiger charge is -2.54. The van der Waals surface area contributed by atoms with Gasteiger partial charge in [0.15, 0.2) is 9.84 Å². The van der Waals surface area contributed by atoms with Gasteiger partial charge in [0, 0.05) is 43.1 Å². The summed E-state index contributed by atoms with van der Waals surface area (Å²) in [6.07, 6.45) is 4.14. The number of cyclic esters (lactones) is 1. The fourth-order valence-electron chi connectivity index (χ4n) is 5.30. The van der Waals surface area contributed by atoms with Crippen LogP contribution < -0.4 is 4.90 Å². The van der Waals surface area contributed by atoms with E-state index in [1.165, 1.54) is 12.5 Å². The Hall–Kier alpha value is -2.49. The van der Waals surface area contributed by atoms with Crippen LogP contribution in [-0.2, 0) is 21.2 Å². The number of esters is 1. The average Bonchev–Trinajstić information content (AvgIpc) is 3.14. The van der Waals surface area contributed by atoms with Crippen LogP contribution in [0.4, 0.5) is 5.82 Å². The Bertz CT molecular complexity index is 1180. The van der Waals surface area contributed by atoms with Crippen molar-refractivity contribution in [2.75, 3.05) is 43.9 Å². The van der Waals surface area contributed by atoms with Crippen LogP contribution in [0.1, 0.15) is 46.0 Å². The minimum Gasteiger partial charge on any atom is -0.457 e. The third-order valence-corrected chi connectivity index (χ3v) is 8.54. The molecule has 2 fully saturated rings. The van der Waals surface area contributed by atoms with Gasteiger partial charge < -0.3 is 19.6 Å². The topological polar surface area (TPSA) is 100 Å². The number of likely N-dealkylation sites (tertiary alicyclic amines) is 1. The number of pyridine rings is 1. The summed E-state index contributed by atoms with van der Waals surface area (Å²) in [5, 5.41) is 10.9. The van der Waals surface area contributed by atoms with Gasteiger partial charge in [0.1, 0.15) is 12.4 Å². The number of nitrogens with zero attached hydrogens (tertiary/aromatic N) is 3. The normalized spacial score (nSPS) is 20.9. The third kappa shape index (κ3) is 4.13. The van der Waals surface area contributed by atoms with E-state index in [9.17, 15) is 18.3 Å². The third-order valence-electron chi connectivity index (χ3n) is 7.44. The Kier molecular flexibility index (Phi) is 5.46. The molecule has 3 aliphatic heterocycles. The quantitative estimate of drug-likeness (QED) is 0.662. The Morgan fingerprint density at radius 1 is 1.18 bits per heavy atom. The maximum Gasteiger partial charge on any atom is 0.338 e. The van der Waals surface area contributed by atoms with E-state index < -0.39 is 15.9 Å². The van der Waals surface area contributed by atoms with Crippen LogP contribution >= 0.6 is 0 Å². The summed E-state index contributed by atoms with van der Waals surface area (Å²) in [7, 11) is -3.23. The molecule has 0 aliphatic carbocycles. The number of rotatable bonds is 5. The van der Waals surface area contributed by atoms with Crippen LogP contribution in [0.25, 0.3) is 0 Å². The van der Waals surface area contributed by atoms with Crippen molar-refractivity contribution in [2.24, 2.45) is 5.41 Å². The van der Waals surface area contributed by atoms with Gasteiger partial charge in [-0.2, -0.15) is 0 Å². The number of carbonyl (C=O) groups is 1. The highest BCUT2D eigenvalue weighted by Gasteiger charge is 2.45. The standard InChI is InChI=1S/C24H29N3O5S/c1-16-18(4-5-19-20(16)13-32-23(19)29)21(28)12-26-9-7-24(8-10-26)14-27(15-24)22-6-3-17(11-25-22)33(2,30)31/h3-6,11,21,28H,7-10,12-15H2,1-2H3/t21-/m0/s1. The minimum atomic E-state index is -3.23. The van der Waals surface area contributed by atoms with Gasteiger partial charge in [-0.05, 0) is 62.2 Å². The SMILES string of the molecule is Cc1c([C@@H](O)CN2CCC3(CC2)CN(c2ccc(S(C)(=O)=O)cn2)C3)ccc2c1COC2=O. The molecule has 9 heteroatoms. The lowest BCUT2D eigenvalue weighted by molar-refractivity contribution is 0.0424. The smallest absolute Gasteiger partial charge is 0.338 e. The van der Waals surface area contributed by atoms with E-state index in [1.807, 2.05) is 13.0 Å². The monoisotopic (exact) mass is 471 g/mol. The van der Waals surface area contributed by atoms with E-state index in [0.29, 0.717) is 12.1 Å². The molecule has 4 heterocycles. The molecule has 0 bridgehead atoms. The number of aliphatic hydroxyl groups excluding tert-OH is 1. The summed E-state index contributed by atoms with van der Waals surface area (Å²) in [6, 6.07) is 7.02. The molecule has 0 amide bonds. The highest BCUT2D eigenvalue weighted by Crippen LogP contribution is 2.42. The Balaban J connectivity index is 1.15. The number of sulfone groups is 1. The first-order chi connectivity index (χ1) is 15.7. The molecule has 1 aromatic carbocycles. The molecule has 33 heavy (non-hydrogen) atoms. The molecule has 5 rings (SSSR count). The predicted octanol–water partition coefficient (Wildman–Crippen LogP) is 2.10. The molecule has 0 unspecified atom stereocenters. The Morgan fingerprint density at radius 3 is 2.55 bits per heavy atom. The van der Waals surface area contributed by atoms with E-state index in [1.54, 1.807) is 18.2 Å². The highest BCUT2D eigenvalue weighted by atomic mass is 32.2. The van der Waals surface area contributed by atoms with Gasteiger partial charge in [-0.15, -0.1) is 0 Å². The molecular formula is C24H29N3O5S. The van der Waals surface area contributed by atoms with E-state index in [4.69, 9.17) is 4.74 Å². The number of fused-ring (bicyclic) bond motifs is 1. The van der Waals surface area contributed by atoms with Crippen LogP contribution in [0.2, 0.25) is 0 Å². The molecule has 1 atom stereocenters. The first kappa shape index (κ1) is 22.3. The van der Waals surface area contributed by atoms with E-state index >= 15 is 0 Å². The van der Waals surface area contributed by atoms with Crippen LogP contribution in [0.3, 0.4) is 0 Å². The number of aliphatic hydroxyl groups is 1. The van der Waals surface area contributed by atoms with Crippen molar-refractivity contribution in [3.63, 3.8) is 0 Å². The lowest BCUT2D eigenvalue weighted by Crippen LogP contribution is -2.60. The summed E-state index contributed by atoms with van der Waals surface area (Å²) < 4.78 is 28.4. The van der Waals surface area contributed by atoms with Crippen LogP contribution in [-0.4, -0.2) is 68.4 Å². The summed E-state index contributed by atoms with van der Waals surface area (Å²) in [5.74, 6) is 0.534. The number of hydrogen-bond donors (Lipinski definition) is 1. The first-order valence-corrected chi connectivity index (χ1v) is 13.2. The zero-order chi connectivity index (χ0) is 23.4. The molecule has 1 N–H and O–H groups in total. The van der Waals surface area contributed by atoms with Crippen LogP contribution in [0.5, 0.6) is 0 Å².